The first-order valence-corrected chi connectivity index (χ1v) is 5.07. The van der Waals surface area contributed by atoms with E-state index >= 15 is 0 Å². The molecule has 5 heteroatoms. The highest BCUT2D eigenvalue weighted by atomic mass is 16.5. The molecule has 0 unspecified atom stereocenters. The van der Waals surface area contributed by atoms with Crippen molar-refractivity contribution in [3.05, 3.63) is 29.3 Å². The maximum Gasteiger partial charge on any atom is 0.339 e. The lowest BCUT2D eigenvalue weighted by Crippen LogP contribution is -2.12. The first kappa shape index (κ1) is 11.2. The quantitative estimate of drug-likeness (QED) is 0.815. The summed E-state index contributed by atoms with van der Waals surface area (Å²) in [6.45, 7) is 1.72. The molecule has 0 aliphatic carbocycles. The smallest absolute Gasteiger partial charge is 0.339 e. The highest BCUT2D eigenvalue weighted by Crippen LogP contribution is 2.34. The van der Waals surface area contributed by atoms with Gasteiger partial charge in [0.2, 0.25) is 5.91 Å². The third-order valence-electron chi connectivity index (χ3n) is 2.35. The van der Waals surface area contributed by atoms with Gasteiger partial charge in [-0.1, -0.05) is 0 Å². The minimum atomic E-state index is -1.05. The van der Waals surface area contributed by atoms with E-state index < -0.39 is 5.97 Å². The number of rotatable bonds is 2. The van der Waals surface area contributed by atoms with Crippen LogP contribution in [0.5, 0.6) is 5.75 Å². The Morgan fingerprint density at radius 2 is 2.18 bits per heavy atom. The van der Waals surface area contributed by atoms with Crippen molar-refractivity contribution in [2.45, 2.75) is 6.92 Å². The number of carbonyl (C=O) groups is 2. The van der Waals surface area contributed by atoms with E-state index in [-0.39, 0.29) is 11.5 Å². The molecule has 1 aromatic rings. The van der Waals surface area contributed by atoms with Crippen LogP contribution in [0.25, 0.3) is 6.08 Å². The summed E-state index contributed by atoms with van der Waals surface area (Å²) in [5, 5.41) is 11.7. The van der Waals surface area contributed by atoms with E-state index in [0.717, 1.165) is 0 Å². The van der Waals surface area contributed by atoms with Gasteiger partial charge in [-0.05, 0) is 24.3 Å². The van der Waals surface area contributed by atoms with Crippen LogP contribution in [0.15, 0.2) is 18.2 Å². The molecule has 2 rings (SSSR count). The maximum atomic E-state index is 11.0. The van der Waals surface area contributed by atoms with Crippen molar-refractivity contribution in [3.8, 4) is 5.75 Å². The molecule has 0 bridgehead atoms. The van der Waals surface area contributed by atoms with Crippen LogP contribution in [0, 0.1) is 0 Å². The Labute approximate surface area is 97.7 Å². The van der Waals surface area contributed by atoms with Gasteiger partial charge in [-0.25, -0.2) is 4.79 Å². The minimum Gasteiger partial charge on any atom is -0.488 e. The largest absolute Gasteiger partial charge is 0.488 e. The molecular weight excluding hydrogens is 222 g/mol. The van der Waals surface area contributed by atoms with Crippen LogP contribution in [0.3, 0.4) is 0 Å². The number of ether oxygens (including phenoxy) is 1. The molecule has 17 heavy (non-hydrogen) atoms. The Hall–Kier alpha value is -2.30. The zero-order valence-corrected chi connectivity index (χ0v) is 9.19. The number of carboxylic acids is 1. The Morgan fingerprint density at radius 1 is 1.41 bits per heavy atom. The van der Waals surface area contributed by atoms with Crippen LogP contribution < -0.4 is 10.1 Å². The molecule has 0 saturated heterocycles. The van der Waals surface area contributed by atoms with E-state index in [1.165, 1.54) is 13.0 Å². The molecule has 2 N–H and O–H groups in total. The van der Waals surface area contributed by atoms with Crippen molar-refractivity contribution in [2.24, 2.45) is 0 Å². The SMILES string of the molecule is CC(=O)Nc1ccc(C(=O)O)c2c1C=CCO2. The van der Waals surface area contributed by atoms with Gasteiger partial charge in [0.25, 0.3) is 0 Å². The monoisotopic (exact) mass is 233 g/mol. The molecule has 5 nitrogen and oxygen atoms in total. The lowest BCUT2D eigenvalue weighted by Gasteiger charge is -2.18. The predicted octanol–water partition coefficient (Wildman–Crippen LogP) is 1.75. The third kappa shape index (κ3) is 2.13. The number of benzene rings is 1. The van der Waals surface area contributed by atoms with E-state index in [1.54, 1.807) is 18.2 Å². The molecule has 1 aromatic carbocycles. The number of nitrogens with one attached hydrogen (secondary N) is 1. The second kappa shape index (κ2) is 4.29. The first-order chi connectivity index (χ1) is 8.09. The molecule has 0 atom stereocenters. The first-order valence-electron chi connectivity index (χ1n) is 5.07. The third-order valence-corrected chi connectivity index (χ3v) is 2.35. The fourth-order valence-corrected chi connectivity index (χ4v) is 1.68. The molecule has 1 amide bonds. The molecule has 1 aliphatic rings. The van der Waals surface area contributed by atoms with E-state index in [9.17, 15) is 9.59 Å². The minimum absolute atomic E-state index is 0.0958. The standard InChI is InChI=1S/C12H11NO4/c1-7(14)13-10-5-4-9(12(15)16)11-8(10)3-2-6-17-11/h2-5H,6H2,1H3,(H,13,14)(H,15,16). The van der Waals surface area contributed by atoms with Gasteiger partial charge >= 0.3 is 5.97 Å². The number of amides is 1. The molecule has 1 heterocycles. The van der Waals surface area contributed by atoms with Gasteiger partial charge in [-0.3, -0.25) is 4.79 Å². The van der Waals surface area contributed by atoms with Crippen LogP contribution in [0.1, 0.15) is 22.8 Å². The summed E-state index contributed by atoms with van der Waals surface area (Å²) in [7, 11) is 0. The van der Waals surface area contributed by atoms with Crippen molar-refractivity contribution in [1.29, 1.82) is 0 Å². The average molecular weight is 233 g/mol. The lowest BCUT2D eigenvalue weighted by molar-refractivity contribution is -0.114. The van der Waals surface area contributed by atoms with Gasteiger partial charge in [0, 0.05) is 12.5 Å². The number of carboxylic acid groups (broad SMARTS) is 1. The predicted molar refractivity (Wildman–Crippen MR) is 62.2 cm³/mol. The molecular formula is C12H11NO4. The molecule has 1 aliphatic heterocycles. The molecule has 0 spiro atoms. The molecule has 0 aromatic heterocycles. The van der Waals surface area contributed by atoms with E-state index in [4.69, 9.17) is 9.84 Å². The van der Waals surface area contributed by atoms with Crippen LogP contribution in [-0.4, -0.2) is 23.6 Å². The number of hydrogen-bond donors (Lipinski definition) is 2. The molecule has 0 radical (unpaired) electrons. The topological polar surface area (TPSA) is 75.6 Å². The summed E-state index contributed by atoms with van der Waals surface area (Å²) in [5.74, 6) is -0.966. The van der Waals surface area contributed by atoms with E-state index in [0.29, 0.717) is 23.6 Å². The van der Waals surface area contributed by atoms with Crippen molar-refractivity contribution < 1.29 is 19.4 Å². The summed E-state index contributed by atoms with van der Waals surface area (Å²) >= 11 is 0. The van der Waals surface area contributed by atoms with Gasteiger partial charge in [-0.2, -0.15) is 0 Å². The Bertz CT molecular complexity index is 519. The van der Waals surface area contributed by atoms with Crippen molar-refractivity contribution >= 4 is 23.6 Å². The van der Waals surface area contributed by atoms with Crippen LogP contribution in [0.2, 0.25) is 0 Å². The maximum absolute atomic E-state index is 11.0. The van der Waals surface area contributed by atoms with Crippen molar-refractivity contribution in [1.82, 2.24) is 0 Å². The average Bonchev–Trinajstić information content (AvgIpc) is 2.28. The highest BCUT2D eigenvalue weighted by molar-refractivity contribution is 5.98. The van der Waals surface area contributed by atoms with Gasteiger partial charge < -0.3 is 15.2 Å². The Balaban J connectivity index is 2.56. The highest BCUT2D eigenvalue weighted by Gasteiger charge is 2.19. The zero-order valence-electron chi connectivity index (χ0n) is 9.19. The number of aromatic carboxylic acids is 1. The van der Waals surface area contributed by atoms with Crippen LogP contribution in [0.4, 0.5) is 5.69 Å². The Kier molecular flexibility index (Phi) is 2.82. The van der Waals surface area contributed by atoms with Gasteiger partial charge in [0.1, 0.15) is 17.9 Å². The number of carbonyl (C=O) groups excluding carboxylic acids is 1. The molecule has 0 saturated carbocycles. The van der Waals surface area contributed by atoms with Gasteiger partial charge in [-0.15, -0.1) is 0 Å². The summed E-state index contributed by atoms with van der Waals surface area (Å²) in [4.78, 5) is 22.0. The summed E-state index contributed by atoms with van der Waals surface area (Å²) in [5.41, 5.74) is 1.23. The number of hydrogen-bond acceptors (Lipinski definition) is 3. The fraction of sp³-hybridized carbons (Fsp3) is 0.167. The summed E-state index contributed by atoms with van der Waals surface area (Å²) < 4.78 is 5.32. The number of fused-ring (bicyclic) bond motifs is 1. The fourth-order valence-electron chi connectivity index (χ4n) is 1.68. The summed E-state index contributed by atoms with van der Waals surface area (Å²) in [6, 6.07) is 2.98. The van der Waals surface area contributed by atoms with Crippen molar-refractivity contribution in [3.63, 3.8) is 0 Å². The second-order valence-corrected chi connectivity index (χ2v) is 3.60. The Morgan fingerprint density at radius 3 is 2.82 bits per heavy atom. The lowest BCUT2D eigenvalue weighted by atomic mass is 10.0. The van der Waals surface area contributed by atoms with Crippen LogP contribution >= 0.6 is 0 Å². The zero-order chi connectivity index (χ0) is 12.4. The second-order valence-electron chi connectivity index (χ2n) is 3.60. The van der Waals surface area contributed by atoms with E-state index in [1.807, 2.05) is 0 Å². The normalized spacial score (nSPS) is 12.5. The van der Waals surface area contributed by atoms with Crippen molar-refractivity contribution in [2.75, 3.05) is 11.9 Å². The van der Waals surface area contributed by atoms with E-state index in [2.05, 4.69) is 5.32 Å². The molecule has 0 fully saturated rings. The number of anilines is 1. The van der Waals surface area contributed by atoms with Gasteiger partial charge in [0.15, 0.2) is 0 Å². The molecule has 88 valence electrons. The summed E-state index contributed by atoms with van der Waals surface area (Å²) in [6.07, 6.45) is 3.51. The van der Waals surface area contributed by atoms with Gasteiger partial charge in [0.05, 0.1) is 5.69 Å². The van der Waals surface area contributed by atoms with Crippen LogP contribution in [-0.2, 0) is 4.79 Å².